The number of hydrazine groups is 1. The molecule has 0 aliphatic carbocycles. The van der Waals surface area contributed by atoms with Crippen molar-refractivity contribution in [2.24, 2.45) is 5.84 Å². The summed E-state index contributed by atoms with van der Waals surface area (Å²) in [4.78, 5) is 0. The van der Waals surface area contributed by atoms with E-state index in [9.17, 15) is 13.9 Å². The third-order valence-electron chi connectivity index (χ3n) is 1.63. The maximum Gasteiger partial charge on any atom is 0.129 e. The molecule has 0 aromatic heterocycles. The molecule has 0 aliphatic heterocycles. The van der Waals surface area contributed by atoms with Crippen molar-refractivity contribution in [2.75, 3.05) is 6.54 Å². The maximum absolute atomic E-state index is 12.9. The highest BCUT2D eigenvalue weighted by Crippen LogP contribution is 2.17. The van der Waals surface area contributed by atoms with Gasteiger partial charge in [0.05, 0.1) is 6.10 Å². The van der Waals surface area contributed by atoms with Crippen molar-refractivity contribution in [3.05, 3.63) is 35.4 Å². The fourth-order valence-electron chi connectivity index (χ4n) is 0.992. The zero-order valence-electron chi connectivity index (χ0n) is 6.80. The van der Waals surface area contributed by atoms with Gasteiger partial charge in [-0.05, 0) is 18.2 Å². The lowest BCUT2D eigenvalue weighted by molar-refractivity contribution is 0.170. The van der Waals surface area contributed by atoms with E-state index >= 15 is 0 Å². The lowest BCUT2D eigenvalue weighted by Gasteiger charge is -2.10. The highest BCUT2D eigenvalue weighted by Gasteiger charge is 2.12. The van der Waals surface area contributed by atoms with Crippen LogP contribution in [0.25, 0.3) is 0 Å². The van der Waals surface area contributed by atoms with Crippen molar-refractivity contribution >= 4 is 0 Å². The average molecular weight is 188 g/mol. The molecule has 0 fully saturated rings. The summed E-state index contributed by atoms with van der Waals surface area (Å²) in [6, 6.07) is 2.89. The van der Waals surface area contributed by atoms with Crippen LogP contribution in [0.3, 0.4) is 0 Å². The van der Waals surface area contributed by atoms with Crippen molar-refractivity contribution in [3.63, 3.8) is 0 Å². The third kappa shape index (κ3) is 2.45. The van der Waals surface area contributed by atoms with E-state index in [1.54, 1.807) is 0 Å². The molecular weight excluding hydrogens is 178 g/mol. The topological polar surface area (TPSA) is 58.3 Å². The molecule has 1 aromatic carbocycles. The Bertz CT molecular complexity index is 293. The summed E-state index contributed by atoms with van der Waals surface area (Å²) < 4.78 is 25.6. The van der Waals surface area contributed by atoms with Crippen molar-refractivity contribution in [1.29, 1.82) is 0 Å². The van der Waals surface area contributed by atoms with Crippen molar-refractivity contribution in [3.8, 4) is 0 Å². The number of hydrogen-bond donors (Lipinski definition) is 3. The number of nitrogens with one attached hydrogen (secondary N) is 1. The molecule has 1 atom stereocenters. The quantitative estimate of drug-likeness (QED) is 0.477. The summed E-state index contributed by atoms with van der Waals surface area (Å²) in [5.41, 5.74) is 2.07. The number of nitrogens with two attached hydrogens (primary N) is 1. The van der Waals surface area contributed by atoms with Gasteiger partial charge in [-0.15, -0.1) is 0 Å². The first-order chi connectivity index (χ1) is 6.15. The molecule has 1 rings (SSSR count). The highest BCUT2D eigenvalue weighted by atomic mass is 19.1. The number of aliphatic hydroxyl groups is 1. The van der Waals surface area contributed by atoms with Crippen LogP contribution in [0.1, 0.15) is 11.7 Å². The Morgan fingerprint density at radius 3 is 2.77 bits per heavy atom. The SMILES string of the molecule is NNCC(O)c1cc(F)ccc1F. The van der Waals surface area contributed by atoms with E-state index in [4.69, 9.17) is 5.84 Å². The predicted molar refractivity (Wildman–Crippen MR) is 43.5 cm³/mol. The van der Waals surface area contributed by atoms with Crippen LogP contribution in [0.5, 0.6) is 0 Å². The highest BCUT2D eigenvalue weighted by molar-refractivity contribution is 5.21. The van der Waals surface area contributed by atoms with E-state index in [0.717, 1.165) is 18.2 Å². The van der Waals surface area contributed by atoms with E-state index in [1.165, 1.54) is 0 Å². The Morgan fingerprint density at radius 1 is 1.46 bits per heavy atom. The minimum absolute atomic E-state index is 0.0274. The fourth-order valence-corrected chi connectivity index (χ4v) is 0.992. The van der Waals surface area contributed by atoms with Gasteiger partial charge < -0.3 is 5.11 Å². The van der Waals surface area contributed by atoms with Gasteiger partial charge in [0.1, 0.15) is 11.6 Å². The first kappa shape index (κ1) is 10.0. The molecule has 4 N–H and O–H groups in total. The smallest absolute Gasteiger partial charge is 0.129 e. The van der Waals surface area contributed by atoms with Gasteiger partial charge in [-0.1, -0.05) is 0 Å². The summed E-state index contributed by atoms with van der Waals surface area (Å²) in [5.74, 6) is 3.69. The number of rotatable bonds is 3. The van der Waals surface area contributed by atoms with E-state index < -0.39 is 17.7 Å². The number of hydrogen-bond acceptors (Lipinski definition) is 3. The summed E-state index contributed by atoms with van der Waals surface area (Å²) in [7, 11) is 0. The Hall–Kier alpha value is -1.04. The molecule has 0 radical (unpaired) electrons. The molecule has 0 saturated carbocycles. The van der Waals surface area contributed by atoms with Crippen LogP contribution in [-0.4, -0.2) is 11.7 Å². The van der Waals surface area contributed by atoms with Gasteiger partial charge in [0, 0.05) is 12.1 Å². The van der Waals surface area contributed by atoms with Gasteiger partial charge in [-0.2, -0.15) is 0 Å². The lowest BCUT2D eigenvalue weighted by Crippen LogP contribution is -2.28. The largest absolute Gasteiger partial charge is 0.387 e. The van der Waals surface area contributed by atoms with Gasteiger partial charge in [0.15, 0.2) is 0 Å². The molecule has 0 saturated heterocycles. The van der Waals surface area contributed by atoms with E-state index in [2.05, 4.69) is 5.43 Å². The van der Waals surface area contributed by atoms with Gasteiger partial charge in [-0.25, -0.2) is 8.78 Å². The maximum atomic E-state index is 12.9. The molecule has 1 aromatic rings. The molecule has 0 aliphatic rings. The van der Waals surface area contributed by atoms with Crippen LogP contribution in [0.2, 0.25) is 0 Å². The Morgan fingerprint density at radius 2 is 2.15 bits per heavy atom. The molecule has 5 heteroatoms. The second-order valence-electron chi connectivity index (χ2n) is 2.59. The van der Waals surface area contributed by atoms with Crippen LogP contribution >= 0.6 is 0 Å². The molecule has 3 nitrogen and oxygen atoms in total. The van der Waals surface area contributed by atoms with E-state index in [0.29, 0.717) is 0 Å². The Labute approximate surface area is 74.1 Å². The molecule has 72 valence electrons. The van der Waals surface area contributed by atoms with Gasteiger partial charge in [-0.3, -0.25) is 11.3 Å². The van der Waals surface area contributed by atoms with E-state index in [1.807, 2.05) is 0 Å². The Kier molecular flexibility index (Phi) is 3.30. The van der Waals surface area contributed by atoms with Crippen LogP contribution in [0.4, 0.5) is 8.78 Å². The lowest BCUT2D eigenvalue weighted by atomic mass is 10.1. The third-order valence-corrected chi connectivity index (χ3v) is 1.63. The normalized spacial score (nSPS) is 12.9. The van der Waals surface area contributed by atoms with Gasteiger partial charge in [0.2, 0.25) is 0 Å². The zero-order valence-corrected chi connectivity index (χ0v) is 6.80. The van der Waals surface area contributed by atoms with Crippen molar-refractivity contribution < 1.29 is 13.9 Å². The molecule has 0 amide bonds. The first-order valence-electron chi connectivity index (χ1n) is 3.71. The number of halogens is 2. The minimum Gasteiger partial charge on any atom is -0.387 e. The van der Waals surface area contributed by atoms with Crippen LogP contribution in [-0.2, 0) is 0 Å². The second-order valence-corrected chi connectivity index (χ2v) is 2.59. The molecule has 0 bridgehead atoms. The monoisotopic (exact) mass is 188 g/mol. The average Bonchev–Trinajstić information content (AvgIpc) is 2.09. The predicted octanol–water partition coefficient (Wildman–Crippen LogP) is 0.461. The minimum atomic E-state index is -1.14. The number of benzene rings is 1. The summed E-state index contributed by atoms with van der Waals surface area (Å²) in [5, 5.41) is 9.28. The first-order valence-corrected chi connectivity index (χ1v) is 3.71. The Balaban J connectivity index is 2.91. The fraction of sp³-hybridized carbons (Fsp3) is 0.250. The van der Waals surface area contributed by atoms with Crippen molar-refractivity contribution in [2.45, 2.75) is 6.10 Å². The molecular formula is C8H10F2N2O. The van der Waals surface area contributed by atoms with Crippen LogP contribution in [0.15, 0.2) is 18.2 Å². The van der Waals surface area contributed by atoms with Gasteiger partial charge >= 0.3 is 0 Å². The summed E-state index contributed by atoms with van der Waals surface area (Å²) in [6.45, 7) is -0.0274. The zero-order chi connectivity index (χ0) is 9.84. The van der Waals surface area contributed by atoms with Crippen LogP contribution < -0.4 is 11.3 Å². The number of aliphatic hydroxyl groups excluding tert-OH is 1. The van der Waals surface area contributed by atoms with Crippen molar-refractivity contribution in [1.82, 2.24) is 5.43 Å². The van der Waals surface area contributed by atoms with Gasteiger partial charge in [0.25, 0.3) is 0 Å². The molecule has 0 heterocycles. The second kappa shape index (κ2) is 4.27. The molecule has 0 spiro atoms. The van der Waals surface area contributed by atoms with E-state index in [-0.39, 0.29) is 12.1 Å². The summed E-state index contributed by atoms with van der Waals surface area (Å²) in [6.07, 6.45) is -1.14. The standard InChI is InChI=1S/C8H10F2N2O/c9-5-1-2-7(10)6(3-5)8(13)4-12-11/h1-3,8,12-13H,4,11H2. The summed E-state index contributed by atoms with van der Waals surface area (Å²) >= 11 is 0. The molecule has 1 unspecified atom stereocenters. The molecule has 13 heavy (non-hydrogen) atoms. The van der Waals surface area contributed by atoms with Crippen LogP contribution in [0, 0.1) is 11.6 Å².